The third-order valence-corrected chi connectivity index (χ3v) is 9.16. The summed E-state index contributed by atoms with van der Waals surface area (Å²) in [5.74, 6) is -0.982. The average molecular weight is 646 g/mol. The Bertz CT molecular complexity index is 1700. The molecule has 10 heteroatoms. The Balaban J connectivity index is 1.78. The van der Waals surface area contributed by atoms with E-state index < -0.39 is 34.3 Å². The molecule has 1 atom stereocenters. The molecule has 4 aromatic rings. The van der Waals surface area contributed by atoms with Crippen molar-refractivity contribution in [2.24, 2.45) is 0 Å². The van der Waals surface area contributed by atoms with E-state index in [0.29, 0.717) is 25.3 Å². The molecule has 2 amide bonds. The number of carbonyl (C=O) groups excluding carboxylic acids is 2. The van der Waals surface area contributed by atoms with Gasteiger partial charge in [0.25, 0.3) is 10.0 Å². The van der Waals surface area contributed by atoms with Crippen LogP contribution in [0.3, 0.4) is 0 Å². The second-order valence-corrected chi connectivity index (χ2v) is 12.8. The fourth-order valence-corrected chi connectivity index (χ4v) is 6.48. The van der Waals surface area contributed by atoms with Crippen molar-refractivity contribution < 1.29 is 27.1 Å². The van der Waals surface area contributed by atoms with Gasteiger partial charge in [-0.15, -0.1) is 0 Å². The van der Waals surface area contributed by atoms with Gasteiger partial charge in [0.15, 0.2) is 0 Å². The van der Waals surface area contributed by atoms with E-state index in [2.05, 4.69) is 5.32 Å². The highest BCUT2D eigenvalue weighted by molar-refractivity contribution is 7.92. The molecule has 0 radical (unpaired) electrons. The van der Waals surface area contributed by atoms with E-state index in [4.69, 9.17) is 4.74 Å². The van der Waals surface area contributed by atoms with Crippen molar-refractivity contribution >= 4 is 27.5 Å². The third-order valence-electron chi connectivity index (χ3n) is 7.37. The van der Waals surface area contributed by atoms with Crippen molar-refractivity contribution in [2.75, 3.05) is 24.0 Å². The molecule has 0 saturated heterocycles. The molecule has 4 rings (SSSR count). The maximum atomic E-state index is 14.5. The van der Waals surface area contributed by atoms with E-state index in [1.165, 1.54) is 29.2 Å². The maximum absolute atomic E-state index is 14.5. The summed E-state index contributed by atoms with van der Waals surface area (Å²) in [4.78, 5) is 29.5. The quantitative estimate of drug-likeness (QED) is 0.174. The topological polar surface area (TPSA) is 96.0 Å². The number of hydrogen-bond donors (Lipinski definition) is 1. The number of nitrogens with one attached hydrogen (secondary N) is 1. The van der Waals surface area contributed by atoms with Crippen molar-refractivity contribution in [3.8, 4) is 5.75 Å². The summed E-state index contributed by atoms with van der Waals surface area (Å²) in [7, 11) is -4.32. The van der Waals surface area contributed by atoms with E-state index in [0.717, 1.165) is 33.1 Å². The summed E-state index contributed by atoms with van der Waals surface area (Å²) in [6, 6.07) is 26.8. The Morgan fingerprint density at radius 2 is 1.54 bits per heavy atom. The minimum Gasteiger partial charge on any atom is -0.494 e. The van der Waals surface area contributed by atoms with Crippen LogP contribution in [0.4, 0.5) is 10.1 Å². The van der Waals surface area contributed by atoms with Gasteiger partial charge in [0, 0.05) is 19.5 Å². The van der Waals surface area contributed by atoms with Gasteiger partial charge in [-0.2, -0.15) is 0 Å². The van der Waals surface area contributed by atoms with Gasteiger partial charge in [0.1, 0.15) is 24.2 Å². The van der Waals surface area contributed by atoms with Gasteiger partial charge in [-0.05, 0) is 79.9 Å². The Hall–Kier alpha value is -4.70. The number of halogens is 1. The van der Waals surface area contributed by atoms with Crippen molar-refractivity contribution in [3.05, 3.63) is 126 Å². The average Bonchev–Trinajstić information content (AvgIpc) is 3.05. The number of rotatable bonds is 15. The number of aryl methyl sites for hydroxylation is 1. The molecule has 4 aromatic carbocycles. The maximum Gasteiger partial charge on any atom is 0.264 e. The van der Waals surface area contributed by atoms with E-state index in [-0.39, 0.29) is 29.5 Å². The highest BCUT2D eigenvalue weighted by Crippen LogP contribution is 2.27. The van der Waals surface area contributed by atoms with Crippen LogP contribution >= 0.6 is 0 Å². The lowest BCUT2D eigenvalue weighted by Crippen LogP contribution is -2.53. The molecular weight excluding hydrogens is 605 g/mol. The van der Waals surface area contributed by atoms with Gasteiger partial charge in [0.05, 0.1) is 17.2 Å². The molecular formula is C36H40FN3O5S. The van der Waals surface area contributed by atoms with Crippen LogP contribution in [-0.4, -0.2) is 50.9 Å². The smallest absolute Gasteiger partial charge is 0.264 e. The van der Waals surface area contributed by atoms with Gasteiger partial charge in [-0.1, -0.05) is 67.1 Å². The number of nitrogens with zero attached hydrogens (tertiary/aromatic N) is 2. The molecule has 0 fully saturated rings. The predicted octanol–water partition coefficient (Wildman–Crippen LogP) is 5.89. The fourth-order valence-electron chi connectivity index (χ4n) is 5.06. The molecule has 0 aromatic heterocycles. The largest absolute Gasteiger partial charge is 0.494 e. The van der Waals surface area contributed by atoms with Crippen LogP contribution in [-0.2, 0) is 32.6 Å². The normalized spacial score (nSPS) is 11.8. The zero-order chi connectivity index (χ0) is 33.1. The van der Waals surface area contributed by atoms with Gasteiger partial charge in [0.2, 0.25) is 11.8 Å². The Labute approximate surface area is 270 Å². The number of ether oxygens (including phenoxy) is 1. The summed E-state index contributed by atoms with van der Waals surface area (Å²) in [6.45, 7) is 5.97. The highest BCUT2D eigenvalue weighted by atomic mass is 32.2. The third kappa shape index (κ3) is 8.94. The summed E-state index contributed by atoms with van der Waals surface area (Å²) in [5, 5.41) is 2.93. The van der Waals surface area contributed by atoms with Crippen molar-refractivity contribution in [1.29, 1.82) is 0 Å². The first-order valence-corrected chi connectivity index (χ1v) is 16.7. The summed E-state index contributed by atoms with van der Waals surface area (Å²) >= 11 is 0. The lowest BCUT2D eigenvalue weighted by atomic mass is 10.0. The lowest BCUT2D eigenvalue weighted by Gasteiger charge is -2.34. The fraction of sp³-hybridized carbons (Fsp3) is 0.278. The van der Waals surface area contributed by atoms with Crippen LogP contribution in [0.25, 0.3) is 0 Å². The summed E-state index contributed by atoms with van der Waals surface area (Å²) in [5.41, 5.74) is 2.72. The van der Waals surface area contributed by atoms with Crippen LogP contribution < -0.4 is 14.4 Å². The number of anilines is 1. The molecule has 242 valence electrons. The van der Waals surface area contributed by atoms with Crippen molar-refractivity contribution in [2.45, 2.75) is 51.1 Å². The van der Waals surface area contributed by atoms with Crippen LogP contribution in [0, 0.1) is 12.7 Å². The first-order valence-electron chi connectivity index (χ1n) is 15.3. The highest BCUT2D eigenvalue weighted by Gasteiger charge is 2.34. The van der Waals surface area contributed by atoms with Crippen LogP contribution in [0.5, 0.6) is 5.75 Å². The molecule has 8 nitrogen and oxygen atoms in total. The standard InChI is InChI=1S/C36H40FN3O5S/c1-4-22-38-36(42)34(24-28-11-7-6-8-12-28)39(25-29-13-9-10-27(3)23-29)35(41)26-40(31-16-14-30(37)15-17-31)46(43,44)33-20-18-32(19-21-33)45-5-2/h6-21,23,34H,4-5,22,24-26H2,1-3H3,(H,38,42). The molecule has 0 spiro atoms. The minimum absolute atomic E-state index is 0.0674. The molecule has 1 unspecified atom stereocenters. The molecule has 1 N–H and O–H groups in total. The van der Waals surface area contributed by atoms with Crippen LogP contribution in [0.2, 0.25) is 0 Å². The molecule has 0 saturated carbocycles. The second-order valence-electron chi connectivity index (χ2n) is 10.9. The first kappa shape index (κ1) is 34.2. The zero-order valence-corrected chi connectivity index (χ0v) is 27.2. The van der Waals surface area contributed by atoms with Crippen LogP contribution in [0.15, 0.2) is 108 Å². The van der Waals surface area contributed by atoms with E-state index in [1.807, 2.05) is 75.4 Å². The summed E-state index contributed by atoms with van der Waals surface area (Å²) in [6.07, 6.45) is 0.921. The predicted molar refractivity (Wildman–Crippen MR) is 178 cm³/mol. The number of carbonyl (C=O) groups is 2. The minimum atomic E-state index is -4.32. The van der Waals surface area contributed by atoms with Gasteiger partial charge in [-0.25, -0.2) is 12.8 Å². The number of sulfonamides is 1. The molecule has 0 heterocycles. The molecule has 46 heavy (non-hydrogen) atoms. The summed E-state index contributed by atoms with van der Waals surface area (Å²) < 4.78 is 48.6. The molecule has 0 aliphatic carbocycles. The first-order chi connectivity index (χ1) is 22.1. The molecule has 0 bridgehead atoms. The lowest BCUT2D eigenvalue weighted by molar-refractivity contribution is -0.140. The van der Waals surface area contributed by atoms with E-state index >= 15 is 0 Å². The van der Waals surface area contributed by atoms with Crippen molar-refractivity contribution in [1.82, 2.24) is 10.2 Å². The Morgan fingerprint density at radius 1 is 0.870 bits per heavy atom. The number of benzene rings is 4. The second kappa shape index (κ2) is 16.0. The Morgan fingerprint density at radius 3 is 2.17 bits per heavy atom. The SMILES string of the molecule is CCCNC(=O)C(Cc1ccccc1)N(Cc1cccc(C)c1)C(=O)CN(c1ccc(F)cc1)S(=O)(=O)c1ccc(OCC)cc1. The number of hydrogen-bond acceptors (Lipinski definition) is 5. The molecule has 0 aliphatic rings. The van der Waals surface area contributed by atoms with Gasteiger partial charge < -0.3 is 15.0 Å². The zero-order valence-electron chi connectivity index (χ0n) is 26.4. The van der Waals surface area contributed by atoms with E-state index in [9.17, 15) is 22.4 Å². The monoisotopic (exact) mass is 645 g/mol. The molecule has 0 aliphatic heterocycles. The van der Waals surface area contributed by atoms with Gasteiger partial charge in [-0.3, -0.25) is 13.9 Å². The van der Waals surface area contributed by atoms with Gasteiger partial charge >= 0.3 is 0 Å². The Kier molecular flexibility index (Phi) is 11.9. The van der Waals surface area contributed by atoms with Crippen LogP contribution in [0.1, 0.15) is 37.0 Å². The number of amides is 2. The van der Waals surface area contributed by atoms with E-state index in [1.54, 1.807) is 12.1 Å². The van der Waals surface area contributed by atoms with Crippen molar-refractivity contribution in [3.63, 3.8) is 0 Å².